The molecule has 0 bridgehead atoms. The Kier molecular flexibility index (Phi) is 3.85. The van der Waals surface area contributed by atoms with Crippen molar-refractivity contribution in [1.82, 2.24) is 0 Å². The summed E-state index contributed by atoms with van der Waals surface area (Å²) in [6.07, 6.45) is 4.10. The van der Waals surface area contributed by atoms with E-state index in [4.69, 9.17) is 14.2 Å². The highest BCUT2D eigenvalue weighted by atomic mass is 16.8. The van der Waals surface area contributed by atoms with Gasteiger partial charge in [-0.3, -0.25) is 0 Å². The van der Waals surface area contributed by atoms with Crippen LogP contribution >= 0.6 is 0 Å². The van der Waals surface area contributed by atoms with E-state index in [0.717, 1.165) is 19.3 Å². The minimum absolute atomic E-state index is 0.134. The van der Waals surface area contributed by atoms with Crippen molar-refractivity contribution in [2.75, 3.05) is 14.2 Å². The molecule has 2 fully saturated rings. The van der Waals surface area contributed by atoms with Crippen LogP contribution in [0.5, 0.6) is 0 Å². The molecule has 4 atom stereocenters. The lowest BCUT2D eigenvalue weighted by molar-refractivity contribution is -0.278. The fraction of sp³-hybridized carbons (Fsp3) is 0.647. The van der Waals surface area contributed by atoms with E-state index in [-0.39, 0.29) is 6.29 Å². The predicted molar refractivity (Wildman–Crippen MR) is 77.5 cm³/mol. The molecule has 2 aliphatic rings. The van der Waals surface area contributed by atoms with E-state index in [2.05, 4.69) is 31.2 Å². The van der Waals surface area contributed by atoms with Crippen LogP contribution in [0, 0.1) is 12.8 Å². The Balaban J connectivity index is 1.92. The lowest BCUT2D eigenvalue weighted by Crippen LogP contribution is -2.43. The standard InChI is InChI=1S/C17H24O3/c1-12-6-4-7-13(10-12)14-8-5-9-17(19-3)15(14)11-16(18-2)20-17/h4,6-7,10,14-16H,5,8-9,11H2,1-3H3. The number of ether oxygens (including phenoxy) is 3. The average molecular weight is 276 g/mol. The average Bonchev–Trinajstić information content (AvgIpc) is 2.86. The van der Waals surface area contributed by atoms with Gasteiger partial charge in [0.05, 0.1) is 0 Å². The summed E-state index contributed by atoms with van der Waals surface area (Å²) in [6, 6.07) is 8.84. The van der Waals surface area contributed by atoms with E-state index in [0.29, 0.717) is 11.8 Å². The van der Waals surface area contributed by atoms with Gasteiger partial charge in [-0.15, -0.1) is 0 Å². The number of aryl methyl sites for hydroxylation is 1. The molecule has 0 N–H and O–H groups in total. The molecule has 0 radical (unpaired) electrons. The van der Waals surface area contributed by atoms with Gasteiger partial charge in [-0.2, -0.15) is 0 Å². The number of benzene rings is 1. The SMILES string of the molecule is COC1CC2C(c3cccc(C)c3)CCCC2(OC)O1. The normalized spacial score (nSPS) is 36.9. The highest BCUT2D eigenvalue weighted by Crippen LogP contribution is 2.52. The van der Waals surface area contributed by atoms with Crippen molar-refractivity contribution in [2.24, 2.45) is 5.92 Å². The van der Waals surface area contributed by atoms with Gasteiger partial charge in [0.1, 0.15) is 0 Å². The summed E-state index contributed by atoms with van der Waals surface area (Å²) >= 11 is 0. The molecular weight excluding hydrogens is 252 g/mol. The molecule has 20 heavy (non-hydrogen) atoms. The van der Waals surface area contributed by atoms with E-state index < -0.39 is 5.79 Å². The molecule has 1 aromatic carbocycles. The Morgan fingerprint density at radius 3 is 2.85 bits per heavy atom. The van der Waals surface area contributed by atoms with Gasteiger partial charge in [0.25, 0.3) is 0 Å². The van der Waals surface area contributed by atoms with Crippen LogP contribution < -0.4 is 0 Å². The third kappa shape index (κ3) is 2.28. The number of fused-ring (bicyclic) bond motifs is 1. The van der Waals surface area contributed by atoms with Gasteiger partial charge in [-0.05, 0) is 31.2 Å². The van der Waals surface area contributed by atoms with Crippen LogP contribution in [-0.4, -0.2) is 26.3 Å². The van der Waals surface area contributed by atoms with Crippen molar-refractivity contribution in [3.8, 4) is 0 Å². The van der Waals surface area contributed by atoms with Crippen LogP contribution in [0.3, 0.4) is 0 Å². The largest absolute Gasteiger partial charge is 0.356 e. The van der Waals surface area contributed by atoms with Crippen LogP contribution in [-0.2, 0) is 14.2 Å². The van der Waals surface area contributed by atoms with Gasteiger partial charge in [0.2, 0.25) is 0 Å². The molecular formula is C17H24O3. The summed E-state index contributed by atoms with van der Waals surface area (Å²) in [4.78, 5) is 0. The fourth-order valence-electron chi connectivity index (χ4n) is 3.98. The summed E-state index contributed by atoms with van der Waals surface area (Å²) in [5.74, 6) is 0.435. The van der Waals surface area contributed by atoms with Crippen LogP contribution in [0.15, 0.2) is 24.3 Å². The first-order valence-corrected chi connectivity index (χ1v) is 7.51. The van der Waals surface area contributed by atoms with Gasteiger partial charge in [-0.1, -0.05) is 29.8 Å². The second-order valence-corrected chi connectivity index (χ2v) is 6.05. The molecule has 0 amide bonds. The molecule has 1 heterocycles. The smallest absolute Gasteiger partial charge is 0.174 e. The topological polar surface area (TPSA) is 27.7 Å². The molecule has 0 spiro atoms. The minimum Gasteiger partial charge on any atom is -0.356 e. The van der Waals surface area contributed by atoms with Crippen LogP contribution in [0.2, 0.25) is 0 Å². The monoisotopic (exact) mass is 276 g/mol. The fourth-order valence-corrected chi connectivity index (χ4v) is 3.98. The summed E-state index contributed by atoms with van der Waals surface area (Å²) in [7, 11) is 3.48. The Morgan fingerprint density at radius 1 is 1.30 bits per heavy atom. The highest BCUT2D eigenvalue weighted by Gasteiger charge is 2.54. The Hall–Kier alpha value is -0.900. The van der Waals surface area contributed by atoms with Gasteiger partial charge in [0.15, 0.2) is 12.1 Å². The van der Waals surface area contributed by atoms with Crippen molar-refractivity contribution >= 4 is 0 Å². The zero-order valence-corrected chi connectivity index (χ0v) is 12.6. The number of methoxy groups -OCH3 is 2. The van der Waals surface area contributed by atoms with Gasteiger partial charge in [-0.25, -0.2) is 0 Å². The molecule has 0 aromatic heterocycles. The lowest BCUT2D eigenvalue weighted by atomic mass is 9.71. The van der Waals surface area contributed by atoms with E-state index in [9.17, 15) is 0 Å². The quantitative estimate of drug-likeness (QED) is 0.844. The predicted octanol–water partition coefficient (Wildman–Crippen LogP) is 3.61. The third-order valence-electron chi connectivity index (χ3n) is 4.95. The maximum atomic E-state index is 6.09. The highest BCUT2D eigenvalue weighted by molar-refractivity contribution is 5.27. The van der Waals surface area contributed by atoms with Gasteiger partial charge >= 0.3 is 0 Å². The summed E-state index contributed by atoms with van der Waals surface area (Å²) in [6.45, 7) is 2.15. The summed E-state index contributed by atoms with van der Waals surface area (Å²) in [5, 5.41) is 0. The van der Waals surface area contributed by atoms with E-state index in [1.54, 1.807) is 14.2 Å². The second kappa shape index (κ2) is 5.47. The molecule has 3 nitrogen and oxygen atoms in total. The molecule has 3 rings (SSSR count). The second-order valence-electron chi connectivity index (χ2n) is 6.05. The van der Waals surface area contributed by atoms with Gasteiger partial charge < -0.3 is 14.2 Å². The van der Waals surface area contributed by atoms with Crippen LogP contribution in [0.4, 0.5) is 0 Å². The van der Waals surface area contributed by atoms with Crippen LogP contribution in [0.25, 0.3) is 0 Å². The first-order chi connectivity index (χ1) is 9.68. The molecule has 110 valence electrons. The van der Waals surface area contributed by atoms with E-state index in [1.165, 1.54) is 17.5 Å². The Labute approximate surface area is 121 Å². The maximum Gasteiger partial charge on any atom is 0.174 e. The first-order valence-electron chi connectivity index (χ1n) is 7.51. The van der Waals surface area contributed by atoms with Crippen molar-refractivity contribution < 1.29 is 14.2 Å². The molecule has 1 aromatic rings. The van der Waals surface area contributed by atoms with Crippen LogP contribution in [0.1, 0.15) is 42.7 Å². The summed E-state index contributed by atoms with van der Waals surface area (Å²) < 4.78 is 17.3. The van der Waals surface area contributed by atoms with E-state index >= 15 is 0 Å². The Bertz CT molecular complexity index is 473. The number of hydrogen-bond acceptors (Lipinski definition) is 3. The third-order valence-corrected chi connectivity index (χ3v) is 4.95. The molecule has 3 heteroatoms. The number of rotatable bonds is 3. The van der Waals surface area contributed by atoms with Crippen molar-refractivity contribution in [2.45, 2.75) is 50.6 Å². The zero-order valence-electron chi connectivity index (χ0n) is 12.6. The maximum absolute atomic E-state index is 6.09. The molecule has 1 aliphatic carbocycles. The molecule has 4 unspecified atom stereocenters. The first kappa shape index (κ1) is 14.1. The molecule has 1 aliphatic heterocycles. The van der Waals surface area contributed by atoms with Gasteiger partial charge in [0, 0.05) is 33.0 Å². The minimum atomic E-state index is -0.451. The van der Waals surface area contributed by atoms with Crippen molar-refractivity contribution in [3.05, 3.63) is 35.4 Å². The van der Waals surface area contributed by atoms with Crippen molar-refractivity contribution in [1.29, 1.82) is 0 Å². The zero-order chi connectivity index (χ0) is 14.2. The van der Waals surface area contributed by atoms with Crippen molar-refractivity contribution in [3.63, 3.8) is 0 Å². The van der Waals surface area contributed by atoms with E-state index in [1.807, 2.05) is 0 Å². The Morgan fingerprint density at radius 2 is 2.15 bits per heavy atom. The lowest BCUT2D eigenvalue weighted by Gasteiger charge is -2.41. The summed E-state index contributed by atoms with van der Waals surface area (Å²) in [5.41, 5.74) is 2.73. The molecule has 1 saturated carbocycles. The number of hydrogen-bond donors (Lipinski definition) is 0. The molecule has 1 saturated heterocycles.